The molecule has 3 saturated carbocycles. The molecule has 7 atom stereocenters. The molecule has 1 aromatic heterocycles. The van der Waals surface area contributed by atoms with Crippen LogP contribution in [0.25, 0.3) is 15.8 Å². The van der Waals surface area contributed by atoms with Gasteiger partial charge in [0, 0.05) is 23.7 Å². The van der Waals surface area contributed by atoms with Crippen molar-refractivity contribution in [1.29, 1.82) is 0 Å². The van der Waals surface area contributed by atoms with Crippen LogP contribution in [0.5, 0.6) is 11.6 Å². The molecule has 4 amide bonds. The summed E-state index contributed by atoms with van der Waals surface area (Å²) >= 11 is 0. The molecule has 55 heavy (non-hydrogen) atoms. The van der Waals surface area contributed by atoms with Crippen molar-refractivity contribution in [3.05, 3.63) is 41.3 Å². The fourth-order valence-electron chi connectivity index (χ4n) is 7.58. The zero-order valence-electron chi connectivity index (χ0n) is 32.2. The Hall–Kier alpha value is -2.83. The van der Waals surface area contributed by atoms with E-state index in [0.29, 0.717) is 41.7 Å². The second-order valence-electron chi connectivity index (χ2n) is 16.4. The van der Waals surface area contributed by atoms with Gasteiger partial charge in [0.2, 0.25) is 17.7 Å². The van der Waals surface area contributed by atoms with Crippen LogP contribution in [0.1, 0.15) is 84.3 Å². The molecule has 2 bridgehead atoms. The van der Waals surface area contributed by atoms with Gasteiger partial charge in [-0.25, -0.2) is 23.2 Å². The number of hydrogen-bond donors (Lipinski definition) is 2. The van der Waals surface area contributed by atoms with Gasteiger partial charge in [0.05, 0.1) is 46.2 Å². The molecule has 4 fully saturated rings. The normalized spacial score (nSPS) is 29.7. The third kappa shape index (κ3) is 9.17. The van der Waals surface area contributed by atoms with Gasteiger partial charge in [-0.3, -0.25) is 9.59 Å². The number of carbonyl (C=O) groups is 4. The second kappa shape index (κ2) is 16.2. The van der Waals surface area contributed by atoms with Gasteiger partial charge in [0.1, 0.15) is 35.7 Å². The van der Waals surface area contributed by atoms with E-state index in [0.717, 1.165) is 32.1 Å². The van der Waals surface area contributed by atoms with Gasteiger partial charge in [-0.15, -0.1) is 6.58 Å². The summed E-state index contributed by atoms with van der Waals surface area (Å²) < 4.78 is 46.6. The van der Waals surface area contributed by atoms with Crippen molar-refractivity contribution in [3.8, 4) is 11.6 Å². The van der Waals surface area contributed by atoms with E-state index in [-0.39, 0.29) is 88.7 Å². The SMILES string of the molecule is C=CC1C[C@]1(NC(=O)[C@@H]1C[C@@H]2CN1C(=O)[C@H](C(C)(C)C)NC(=O)O[C@@H]1C[C@H]1CCCCCc1nc3ccc(OC)cc3nc1O2)C(=O)[N-]S(=O)(=O)C1CC1.[K+]. The number of methoxy groups -OCH3 is 1. The predicted octanol–water partition coefficient (Wildman–Crippen LogP) is 1.09. The summed E-state index contributed by atoms with van der Waals surface area (Å²) in [6.07, 6.45) is 5.77. The predicted molar refractivity (Wildman–Crippen MR) is 197 cm³/mol. The number of fused-ring (bicyclic) bond motifs is 5. The zero-order chi connectivity index (χ0) is 38.6. The molecule has 17 heteroatoms. The van der Waals surface area contributed by atoms with Gasteiger partial charge in [-0.05, 0) is 68.4 Å². The first-order chi connectivity index (χ1) is 25.6. The van der Waals surface area contributed by atoms with E-state index in [4.69, 9.17) is 24.2 Å². The number of amides is 4. The standard InChI is InChI=1S/C38H50N6O9S.K/c1-6-22-19-38(22,35(47)43-54(49,50)25-13-14-25)42-32(45)29-18-24-20-44(29)34(46)31(37(2,3)4)41-36(48)53-30-16-21(30)10-8-7-9-11-27-33(52-24)40-28-17-23(51-5)12-15-26(28)39-27;/h6,12,15,17,21-22,24-25,29-31H,1,7-11,13-14,16,18-20H2,2-5H3,(H3,41,42,43,45,47,48);/q;+1/p-1/t21-,22?,24-,29+,30-,31-,38-;/m1./s1. The number of hydrogen-bond acceptors (Lipinski definition) is 11. The number of aryl methyl sites for hydroxylation is 1. The molecule has 292 valence electrons. The van der Waals surface area contributed by atoms with Gasteiger partial charge in [-0.2, -0.15) is 0 Å². The number of nitrogens with one attached hydrogen (secondary N) is 2. The van der Waals surface area contributed by atoms with E-state index in [9.17, 15) is 27.6 Å². The number of benzene rings is 1. The van der Waals surface area contributed by atoms with E-state index < -0.39 is 74.1 Å². The summed E-state index contributed by atoms with van der Waals surface area (Å²) in [6.45, 7) is 9.14. The topological polar surface area (TPSA) is 197 Å². The molecule has 1 aromatic carbocycles. The second-order valence-corrected chi connectivity index (χ2v) is 18.3. The van der Waals surface area contributed by atoms with Crippen molar-refractivity contribution in [2.75, 3.05) is 13.7 Å². The molecule has 7 rings (SSSR count). The molecule has 2 N–H and O–H groups in total. The first-order valence-corrected chi connectivity index (χ1v) is 20.4. The van der Waals surface area contributed by atoms with Crippen molar-refractivity contribution in [1.82, 2.24) is 25.5 Å². The molecule has 3 heterocycles. The zero-order valence-corrected chi connectivity index (χ0v) is 36.1. The van der Waals surface area contributed by atoms with Crippen LogP contribution in [0, 0.1) is 17.3 Å². The molecular weight excluding hydrogens is 756 g/mol. The quantitative estimate of drug-likeness (QED) is 0.300. The average Bonchev–Trinajstić information content (AvgIpc) is 4.04. The fraction of sp³-hybridized carbons (Fsp3) is 0.632. The Morgan fingerprint density at radius 2 is 1.85 bits per heavy atom. The van der Waals surface area contributed by atoms with Crippen molar-refractivity contribution >= 4 is 44.9 Å². The van der Waals surface area contributed by atoms with Crippen LogP contribution in [0.4, 0.5) is 4.79 Å². The average molecular weight is 805 g/mol. The molecular formula is C38H49KN6O9S. The van der Waals surface area contributed by atoms with Gasteiger partial charge in [0.25, 0.3) is 0 Å². The first kappa shape index (κ1) is 41.8. The fourth-order valence-corrected chi connectivity index (χ4v) is 8.85. The Morgan fingerprint density at radius 3 is 2.53 bits per heavy atom. The van der Waals surface area contributed by atoms with E-state index >= 15 is 0 Å². The first-order valence-electron chi connectivity index (χ1n) is 18.9. The van der Waals surface area contributed by atoms with Crippen molar-refractivity contribution < 1.29 is 93.2 Å². The number of aromatic nitrogens is 2. The van der Waals surface area contributed by atoms with Crippen LogP contribution in [0.15, 0.2) is 30.9 Å². The van der Waals surface area contributed by atoms with Gasteiger partial charge in [-0.1, -0.05) is 39.7 Å². The Bertz CT molecular complexity index is 1970. The molecule has 3 aliphatic carbocycles. The number of alkyl carbamates (subject to hydrolysis) is 1. The van der Waals surface area contributed by atoms with Gasteiger partial charge >= 0.3 is 57.5 Å². The third-order valence-electron chi connectivity index (χ3n) is 11.2. The number of sulfonamides is 1. The summed E-state index contributed by atoms with van der Waals surface area (Å²) in [5.41, 5.74) is -0.522. The molecule has 5 aliphatic rings. The molecule has 0 radical (unpaired) electrons. The summed E-state index contributed by atoms with van der Waals surface area (Å²) in [6, 6.07) is 3.17. The van der Waals surface area contributed by atoms with Crippen LogP contribution in [0.2, 0.25) is 0 Å². The van der Waals surface area contributed by atoms with Crippen LogP contribution in [0.3, 0.4) is 0 Å². The Morgan fingerprint density at radius 1 is 1.09 bits per heavy atom. The summed E-state index contributed by atoms with van der Waals surface area (Å²) in [5, 5.41) is 4.87. The molecule has 15 nitrogen and oxygen atoms in total. The molecule has 1 unspecified atom stereocenters. The molecule has 2 aliphatic heterocycles. The van der Waals surface area contributed by atoms with Crippen LogP contribution in [-0.4, -0.2) is 95.8 Å². The van der Waals surface area contributed by atoms with Crippen LogP contribution < -0.4 is 71.5 Å². The van der Waals surface area contributed by atoms with Crippen molar-refractivity contribution in [2.45, 2.75) is 120 Å². The van der Waals surface area contributed by atoms with Gasteiger partial charge in [0.15, 0.2) is 0 Å². The molecule has 0 spiro atoms. The minimum Gasteiger partial charge on any atom is -0.544 e. The largest absolute Gasteiger partial charge is 1.00 e. The number of rotatable bonds is 7. The Kier molecular flexibility index (Phi) is 12.3. The number of carbonyl (C=O) groups excluding carboxylic acids is 4. The maximum atomic E-state index is 14.6. The molecule has 2 aromatic rings. The Balaban J connectivity index is 0.00000514. The monoisotopic (exact) mass is 804 g/mol. The smallest absolute Gasteiger partial charge is 0.544 e. The maximum Gasteiger partial charge on any atom is 1.00 e. The number of ether oxygens (including phenoxy) is 3. The maximum absolute atomic E-state index is 14.6. The third-order valence-corrected chi connectivity index (χ3v) is 12.9. The van der Waals surface area contributed by atoms with Crippen molar-refractivity contribution in [2.24, 2.45) is 17.3 Å². The summed E-state index contributed by atoms with van der Waals surface area (Å²) in [5.74, 6) is -1.59. The Labute approximate surface area is 364 Å². The summed E-state index contributed by atoms with van der Waals surface area (Å²) in [4.78, 5) is 66.7. The number of nitrogens with zero attached hydrogens (tertiary/aromatic N) is 4. The van der Waals surface area contributed by atoms with E-state index in [1.807, 2.05) is 12.1 Å². The minimum atomic E-state index is -4.03. The van der Waals surface area contributed by atoms with Crippen LogP contribution >= 0.6 is 0 Å². The minimum absolute atomic E-state index is 0. The van der Waals surface area contributed by atoms with E-state index in [1.165, 1.54) is 11.0 Å². The summed E-state index contributed by atoms with van der Waals surface area (Å²) in [7, 11) is -2.46. The van der Waals surface area contributed by atoms with Crippen molar-refractivity contribution in [3.63, 3.8) is 0 Å². The van der Waals surface area contributed by atoms with Crippen LogP contribution in [-0.2, 0) is 35.6 Å². The molecule has 1 saturated heterocycles. The van der Waals surface area contributed by atoms with E-state index in [2.05, 4.69) is 21.9 Å². The van der Waals surface area contributed by atoms with Gasteiger partial charge < -0.3 is 39.3 Å². The van der Waals surface area contributed by atoms with E-state index in [1.54, 1.807) is 33.9 Å².